The van der Waals surface area contributed by atoms with Crippen molar-refractivity contribution < 1.29 is 22.7 Å². The maximum Gasteiger partial charge on any atom is 0.324 e. The summed E-state index contributed by atoms with van der Waals surface area (Å²) in [6.07, 6.45) is 0.607. The molecule has 0 unspecified atom stereocenters. The summed E-state index contributed by atoms with van der Waals surface area (Å²) in [4.78, 5) is 23.1. The number of carbonyl (C=O) groups excluding carboxylic acids is 2. The van der Waals surface area contributed by atoms with E-state index >= 15 is 0 Å². The third-order valence-corrected chi connectivity index (χ3v) is 4.94. The highest BCUT2D eigenvalue weighted by Crippen LogP contribution is 2.16. The summed E-state index contributed by atoms with van der Waals surface area (Å²) in [6.45, 7) is 4.97. The predicted octanol–water partition coefficient (Wildman–Crippen LogP) is 1.76. The van der Waals surface area contributed by atoms with Gasteiger partial charge in [0.05, 0.1) is 12.0 Å². The Hall–Kier alpha value is -1.73. The van der Waals surface area contributed by atoms with Crippen molar-refractivity contribution in [2.24, 2.45) is 5.92 Å². The maximum atomic E-state index is 12.4. The molecule has 1 rings (SSSR count). The fourth-order valence-electron chi connectivity index (χ4n) is 1.88. The highest BCUT2D eigenvalue weighted by atomic mass is 32.2. The molecule has 0 amide bonds. The summed E-state index contributed by atoms with van der Waals surface area (Å²) in [5, 5.41) is 0. The van der Waals surface area contributed by atoms with Gasteiger partial charge < -0.3 is 4.74 Å². The van der Waals surface area contributed by atoms with E-state index in [1.807, 2.05) is 6.92 Å². The molecule has 0 aromatic heterocycles. The van der Waals surface area contributed by atoms with Crippen molar-refractivity contribution in [1.29, 1.82) is 0 Å². The number of benzene rings is 1. The topological polar surface area (TPSA) is 89.5 Å². The van der Waals surface area contributed by atoms with Crippen LogP contribution in [-0.4, -0.2) is 33.3 Å². The van der Waals surface area contributed by atoms with Crippen molar-refractivity contribution in [3.63, 3.8) is 0 Å². The van der Waals surface area contributed by atoms with Gasteiger partial charge in [0, 0.05) is 5.56 Å². The van der Waals surface area contributed by atoms with Gasteiger partial charge >= 0.3 is 5.97 Å². The van der Waals surface area contributed by atoms with Crippen LogP contribution in [0.2, 0.25) is 0 Å². The zero-order valence-corrected chi connectivity index (χ0v) is 13.9. The molecular formula is C15H21NO5S. The van der Waals surface area contributed by atoms with Crippen molar-refractivity contribution in [2.45, 2.75) is 38.1 Å². The van der Waals surface area contributed by atoms with Gasteiger partial charge in [0.15, 0.2) is 5.78 Å². The molecule has 0 heterocycles. The summed E-state index contributed by atoms with van der Waals surface area (Å²) in [5.41, 5.74) is 0.293. The van der Waals surface area contributed by atoms with Gasteiger partial charge in [-0.15, -0.1) is 0 Å². The third kappa shape index (κ3) is 4.38. The molecule has 0 fully saturated rings. The Morgan fingerprint density at radius 1 is 1.32 bits per heavy atom. The quantitative estimate of drug-likeness (QED) is 0.609. The van der Waals surface area contributed by atoms with Gasteiger partial charge in [0.1, 0.15) is 6.04 Å². The molecule has 7 heteroatoms. The summed E-state index contributed by atoms with van der Waals surface area (Å²) in [7, 11) is -2.72. The minimum atomic E-state index is -3.93. The van der Waals surface area contributed by atoms with Crippen LogP contribution < -0.4 is 4.72 Å². The number of methoxy groups -OCH3 is 1. The molecule has 0 saturated carbocycles. The average Bonchev–Trinajstić information content (AvgIpc) is 2.51. The second-order valence-corrected chi connectivity index (χ2v) is 6.81. The van der Waals surface area contributed by atoms with Crippen molar-refractivity contribution in [3.8, 4) is 0 Å². The normalized spacial score (nSPS) is 14.2. The highest BCUT2D eigenvalue weighted by Gasteiger charge is 2.30. The first-order valence-electron chi connectivity index (χ1n) is 6.94. The Balaban J connectivity index is 3.14. The lowest BCUT2D eigenvalue weighted by atomic mass is 10.0. The van der Waals surface area contributed by atoms with Crippen LogP contribution in [0.5, 0.6) is 0 Å². The Morgan fingerprint density at radius 2 is 1.95 bits per heavy atom. The van der Waals surface area contributed by atoms with Crippen molar-refractivity contribution >= 4 is 21.8 Å². The molecule has 22 heavy (non-hydrogen) atoms. The number of hydrogen-bond donors (Lipinski definition) is 1. The molecular weight excluding hydrogens is 306 g/mol. The zero-order chi connectivity index (χ0) is 16.9. The molecule has 122 valence electrons. The lowest BCUT2D eigenvalue weighted by molar-refractivity contribution is -0.143. The standard InChI is InChI=1S/C15H21NO5S/c1-5-10(2)14(15(18)21-4)16-22(19,20)13-8-6-7-12(9-13)11(3)17/h6-10,14,16H,5H2,1-4H3/t10-,14+/m0/s1. The SMILES string of the molecule is CC[C@H](C)[C@@H](NS(=O)(=O)c1cccc(C(C)=O)c1)C(=O)OC. The number of hydrogen-bond acceptors (Lipinski definition) is 5. The molecule has 0 radical (unpaired) electrons. The number of ether oxygens (including phenoxy) is 1. The van der Waals surface area contributed by atoms with E-state index in [1.54, 1.807) is 6.92 Å². The number of carbonyl (C=O) groups is 2. The van der Waals surface area contributed by atoms with Crippen molar-refractivity contribution in [2.75, 3.05) is 7.11 Å². The molecule has 0 aliphatic rings. The lowest BCUT2D eigenvalue weighted by Gasteiger charge is -2.21. The van der Waals surface area contributed by atoms with E-state index < -0.39 is 22.0 Å². The summed E-state index contributed by atoms with van der Waals surface area (Å²) < 4.78 is 31.9. The first-order valence-corrected chi connectivity index (χ1v) is 8.42. The van der Waals surface area contributed by atoms with Gasteiger partial charge in [-0.05, 0) is 25.0 Å². The molecule has 0 aliphatic heterocycles. The van der Waals surface area contributed by atoms with Gasteiger partial charge in [0.2, 0.25) is 10.0 Å². The number of Topliss-reactive ketones (excluding diaryl/α,β-unsaturated/α-hetero) is 1. The van der Waals surface area contributed by atoms with Crippen LogP contribution >= 0.6 is 0 Å². The molecule has 0 bridgehead atoms. The van der Waals surface area contributed by atoms with E-state index in [0.717, 1.165) is 0 Å². The predicted molar refractivity (Wildman–Crippen MR) is 82.0 cm³/mol. The van der Waals surface area contributed by atoms with Gasteiger partial charge in [-0.25, -0.2) is 8.42 Å². The maximum absolute atomic E-state index is 12.4. The first kappa shape index (κ1) is 18.3. The van der Waals surface area contributed by atoms with Crippen LogP contribution in [0, 0.1) is 5.92 Å². The Kier molecular flexibility index (Phi) is 6.25. The Bertz CT molecular complexity index is 654. The molecule has 6 nitrogen and oxygen atoms in total. The number of ketones is 1. The molecule has 1 aromatic rings. The average molecular weight is 327 g/mol. The number of sulfonamides is 1. The molecule has 1 N–H and O–H groups in total. The van der Waals surface area contributed by atoms with E-state index in [1.165, 1.54) is 38.3 Å². The lowest BCUT2D eigenvalue weighted by Crippen LogP contribution is -2.45. The van der Waals surface area contributed by atoms with Crippen molar-refractivity contribution in [1.82, 2.24) is 4.72 Å². The third-order valence-electron chi connectivity index (χ3n) is 3.50. The molecule has 2 atom stereocenters. The van der Waals surface area contributed by atoms with Crippen molar-refractivity contribution in [3.05, 3.63) is 29.8 Å². The van der Waals surface area contributed by atoms with Gasteiger partial charge in [0.25, 0.3) is 0 Å². The molecule has 0 saturated heterocycles. The largest absolute Gasteiger partial charge is 0.468 e. The van der Waals surface area contributed by atoms with Crippen LogP contribution in [0.3, 0.4) is 0 Å². The molecule has 0 spiro atoms. The molecule has 1 aromatic carbocycles. The Labute approximate surface area is 130 Å². The smallest absolute Gasteiger partial charge is 0.324 e. The van der Waals surface area contributed by atoms with E-state index in [2.05, 4.69) is 9.46 Å². The van der Waals surface area contributed by atoms with E-state index in [4.69, 9.17) is 0 Å². The van der Waals surface area contributed by atoms with Crippen LogP contribution in [0.15, 0.2) is 29.2 Å². The monoisotopic (exact) mass is 327 g/mol. The second kappa shape index (κ2) is 7.51. The first-order chi connectivity index (χ1) is 10.2. The van der Waals surface area contributed by atoms with Gasteiger partial charge in [-0.2, -0.15) is 4.72 Å². The molecule has 0 aliphatic carbocycles. The Morgan fingerprint density at radius 3 is 2.45 bits per heavy atom. The van der Waals surface area contributed by atoms with Gasteiger partial charge in [-0.1, -0.05) is 32.4 Å². The zero-order valence-electron chi connectivity index (χ0n) is 13.1. The van der Waals surface area contributed by atoms with E-state index in [0.29, 0.717) is 12.0 Å². The summed E-state index contributed by atoms with van der Waals surface area (Å²) in [6, 6.07) is 4.71. The minimum absolute atomic E-state index is 0.0580. The fraction of sp³-hybridized carbons (Fsp3) is 0.467. The summed E-state index contributed by atoms with van der Waals surface area (Å²) >= 11 is 0. The van der Waals surface area contributed by atoms with Crippen LogP contribution in [0.4, 0.5) is 0 Å². The second-order valence-electron chi connectivity index (χ2n) is 5.09. The van der Waals surface area contributed by atoms with Crippen LogP contribution in [-0.2, 0) is 19.6 Å². The van der Waals surface area contributed by atoms with E-state index in [-0.39, 0.29) is 16.6 Å². The van der Waals surface area contributed by atoms with Crippen LogP contribution in [0.25, 0.3) is 0 Å². The minimum Gasteiger partial charge on any atom is -0.468 e. The number of nitrogens with one attached hydrogen (secondary N) is 1. The van der Waals surface area contributed by atoms with E-state index in [9.17, 15) is 18.0 Å². The fourth-order valence-corrected chi connectivity index (χ4v) is 3.22. The summed E-state index contributed by atoms with van der Waals surface area (Å²) in [5.74, 6) is -1.10. The number of rotatable bonds is 7. The van der Waals surface area contributed by atoms with Crippen LogP contribution in [0.1, 0.15) is 37.6 Å². The highest BCUT2D eigenvalue weighted by molar-refractivity contribution is 7.89. The van der Waals surface area contributed by atoms with Gasteiger partial charge in [-0.3, -0.25) is 9.59 Å². The number of esters is 1.